The van der Waals surface area contributed by atoms with Crippen molar-refractivity contribution in [2.75, 3.05) is 27.2 Å². The highest BCUT2D eigenvalue weighted by Gasteiger charge is 2.05. The van der Waals surface area contributed by atoms with Crippen LogP contribution in [-0.4, -0.2) is 37.9 Å². The number of carbonyl (C=O) groups is 1. The molecule has 0 unspecified atom stereocenters. The van der Waals surface area contributed by atoms with Gasteiger partial charge in [-0.2, -0.15) is 0 Å². The van der Waals surface area contributed by atoms with Crippen molar-refractivity contribution in [3.8, 4) is 5.75 Å². The van der Waals surface area contributed by atoms with Crippen LogP contribution in [0.5, 0.6) is 5.75 Å². The maximum Gasteiger partial charge on any atom is 0.143 e. The van der Waals surface area contributed by atoms with Gasteiger partial charge in [0, 0.05) is 6.54 Å². The zero-order valence-corrected chi connectivity index (χ0v) is 10.2. The molecule has 0 saturated carbocycles. The van der Waals surface area contributed by atoms with E-state index in [-0.39, 0.29) is 5.78 Å². The SMILES string of the molecule is COc1ccccc1CCN(C)CC(C)=O. The minimum absolute atomic E-state index is 0.197. The summed E-state index contributed by atoms with van der Waals surface area (Å²) in [5, 5.41) is 0. The molecule has 1 rings (SSSR count). The summed E-state index contributed by atoms with van der Waals surface area (Å²) >= 11 is 0. The van der Waals surface area contributed by atoms with Crippen molar-refractivity contribution in [3.05, 3.63) is 29.8 Å². The van der Waals surface area contributed by atoms with E-state index >= 15 is 0 Å². The number of hydrogen-bond donors (Lipinski definition) is 0. The predicted molar refractivity (Wildman–Crippen MR) is 64.9 cm³/mol. The summed E-state index contributed by atoms with van der Waals surface area (Å²) in [5.41, 5.74) is 1.18. The van der Waals surface area contributed by atoms with E-state index in [1.165, 1.54) is 5.56 Å². The topological polar surface area (TPSA) is 29.5 Å². The van der Waals surface area contributed by atoms with Crippen molar-refractivity contribution in [3.63, 3.8) is 0 Å². The summed E-state index contributed by atoms with van der Waals surface area (Å²) in [5.74, 6) is 1.11. The van der Waals surface area contributed by atoms with Crippen LogP contribution in [-0.2, 0) is 11.2 Å². The minimum atomic E-state index is 0.197. The lowest BCUT2D eigenvalue weighted by Crippen LogP contribution is -2.26. The van der Waals surface area contributed by atoms with Gasteiger partial charge in [0.25, 0.3) is 0 Å². The van der Waals surface area contributed by atoms with Gasteiger partial charge in [0.2, 0.25) is 0 Å². The number of carbonyl (C=O) groups excluding carboxylic acids is 1. The average Bonchev–Trinajstić information content (AvgIpc) is 2.26. The molecule has 0 aliphatic heterocycles. The molecule has 3 nitrogen and oxygen atoms in total. The molecule has 1 aromatic carbocycles. The zero-order chi connectivity index (χ0) is 12.0. The Morgan fingerprint density at radius 2 is 2.06 bits per heavy atom. The van der Waals surface area contributed by atoms with Crippen molar-refractivity contribution in [2.45, 2.75) is 13.3 Å². The Morgan fingerprint density at radius 3 is 2.69 bits per heavy atom. The van der Waals surface area contributed by atoms with Crippen LogP contribution in [0.3, 0.4) is 0 Å². The summed E-state index contributed by atoms with van der Waals surface area (Å²) in [6.07, 6.45) is 0.897. The van der Waals surface area contributed by atoms with Crippen molar-refractivity contribution in [1.82, 2.24) is 4.90 Å². The van der Waals surface area contributed by atoms with Crippen LogP contribution < -0.4 is 4.74 Å². The molecule has 0 saturated heterocycles. The second-order valence-corrected chi connectivity index (χ2v) is 4.00. The molecule has 0 aliphatic rings. The summed E-state index contributed by atoms with van der Waals surface area (Å²) in [7, 11) is 3.63. The highest BCUT2D eigenvalue weighted by molar-refractivity contribution is 5.77. The van der Waals surface area contributed by atoms with Gasteiger partial charge < -0.3 is 4.74 Å². The quantitative estimate of drug-likeness (QED) is 0.733. The first-order valence-corrected chi connectivity index (χ1v) is 5.43. The fraction of sp³-hybridized carbons (Fsp3) is 0.462. The first kappa shape index (κ1) is 12.7. The Labute approximate surface area is 97.0 Å². The Morgan fingerprint density at radius 1 is 1.38 bits per heavy atom. The Kier molecular flexibility index (Phi) is 4.99. The lowest BCUT2D eigenvalue weighted by atomic mass is 10.1. The molecule has 0 atom stereocenters. The van der Waals surface area contributed by atoms with Gasteiger partial charge in [-0.3, -0.25) is 9.69 Å². The van der Waals surface area contributed by atoms with Crippen molar-refractivity contribution >= 4 is 5.78 Å². The van der Waals surface area contributed by atoms with E-state index in [4.69, 9.17) is 4.74 Å². The number of ketones is 1. The molecule has 3 heteroatoms. The van der Waals surface area contributed by atoms with Gasteiger partial charge in [0.1, 0.15) is 11.5 Å². The van der Waals surface area contributed by atoms with E-state index in [1.54, 1.807) is 14.0 Å². The predicted octanol–water partition coefficient (Wildman–Crippen LogP) is 1.76. The normalized spacial score (nSPS) is 10.5. The van der Waals surface area contributed by atoms with Crippen LogP contribution in [0.1, 0.15) is 12.5 Å². The third-order valence-corrected chi connectivity index (χ3v) is 2.45. The van der Waals surface area contributed by atoms with Crippen LogP contribution in [0.25, 0.3) is 0 Å². The van der Waals surface area contributed by atoms with Gasteiger partial charge in [0.05, 0.1) is 13.7 Å². The van der Waals surface area contributed by atoms with Crippen LogP contribution >= 0.6 is 0 Å². The van der Waals surface area contributed by atoms with E-state index in [0.29, 0.717) is 6.54 Å². The molecule has 0 amide bonds. The molecule has 88 valence electrons. The summed E-state index contributed by atoms with van der Waals surface area (Å²) in [4.78, 5) is 12.9. The molecule has 1 aromatic rings. The molecule has 0 aliphatic carbocycles. The van der Waals surface area contributed by atoms with Gasteiger partial charge >= 0.3 is 0 Å². The van der Waals surface area contributed by atoms with Crippen molar-refractivity contribution < 1.29 is 9.53 Å². The maximum atomic E-state index is 10.9. The van der Waals surface area contributed by atoms with E-state index in [0.717, 1.165) is 18.7 Å². The van der Waals surface area contributed by atoms with Gasteiger partial charge in [-0.1, -0.05) is 18.2 Å². The number of para-hydroxylation sites is 1. The van der Waals surface area contributed by atoms with E-state index in [2.05, 4.69) is 6.07 Å². The maximum absolute atomic E-state index is 10.9. The molecule has 0 bridgehead atoms. The summed E-state index contributed by atoms with van der Waals surface area (Å²) < 4.78 is 5.27. The minimum Gasteiger partial charge on any atom is -0.496 e. The second-order valence-electron chi connectivity index (χ2n) is 4.00. The molecular formula is C13H19NO2. The molecule has 0 heterocycles. The van der Waals surface area contributed by atoms with Crippen LogP contribution in [0, 0.1) is 0 Å². The van der Waals surface area contributed by atoms with Crippen molar-refractivity contribution in [1.29, 1.82) is 0 Å². The average molecular weight is 221 g/mol. The van der Waals surface area contributed by atoms with Crippen molar-refractivity contribution in [2.24, 2.45) is 0 Å². The first-order valence-electron chi connectivity index (χ1n) is 5.43. The number of methoxy groups -OCH3 is 1. The molecule has 16 heavy (non-hydrogen) atoms. The summed E-state index contributed by atoms with van der Waals surface area (Å²) in [6.45, 7) is 2.98. The van der Waals surface area contributed by atoms with Gasteiger partial charge in [-0.15, -0.1) is 0 Å². The third kappa shape index (κ3) is 4.03. The number of Topliss-reactive ketones (excluding diaryl/α,β-unsaturated/α-hetero) is 1. The second kappa shape index (κ2) is 6.28. The zero-order valence-electron chi connectivity index (χ0n) is 10.2. The fourth-order valence-corrected chi connectivity index (χ4v) is 1.68. The van der Waals surface area contributed by atoms with Crippen LogP contribution in [0.4, 0.5) is 0 Å². The van der Waals surface area contributed by atoms with Gasteiger partial charge in [-0.05, 0) is 32.0 Å². The van der Waals surface area contributed by atoms with Gasteiger partial charge in [0.15, 0.2) is 0 Å². The molecule has 0 radical (unpaired) electrons. The highest BCUT2D eigenvalue weighted by Crippen LogP contribution is 2.17. The third-order valence-electron chi connectivity index (χ3n) is 2.45. The Bertz CT molecular complexity index is 350. The Balaban J connectivity index is 2.50. The number of nitrogens with zero attached hydrogens (tertiary/aromatic N) is 1. The number of rotatable bonds is 6. The number of likely N-dealkylation sites (N-methyl/N-ethyl adjacent to an activating group) is 1. The lowest BCUT2D eigenvalue weighted by molar-refractivity contribution is -0.117. The summed E-state index contributed by atoms with van der Waals surface area (Å²) in [6, 6.07) is 7.98. The molecule has 0 N–H and O–H groups in total. The fourth-order valence-electron chi connectivity index (χ4n) is 1.68. The molecule has 0 spiro atoms. The highest BCUT2D eigenvalue weighted by atomic mass is 16.5. The van der Waals surface area contributed by atoms with Crippen LogP contribution in [0.15, 0.2) is 24.3 Å². The smallest absolute Gasteiger partial charge is 0.143 e. The number of ether oxygens (including phenoxy) is 1. The Hall–Kier alpha value is -1.35. The van der Waals surface area contributed by atoms with E-state index in [1.807, 2.05) is 30.1 Å². The first-order chi connectivity index (χ1) is 7.63. The number of benzene rings is 1. The van der Waals surface area contributed by atoms with Gasteiger partial charge in [-0.25, -0.2) is 0 Å². The molecule has 0 aromatic heterocycles. The number of hydrogen-bond acceptors (Lipinski definition) is 3. The van der Waals surface area contributed by atoms with E-state index in [9.17, 15) is 4.79 Å². The largest absolute Gasteiger partial charge is 0.496 e. The monoisotopic (exact) mass is 221 g/mol. The van der Waals surface area contributed by atoms with Crippen LogP contribution in [0.2, 0.25) is 0 Å². The lowest BCUT2D eigenvalue weighted by Gasteiger charge is -2.15. The molecular weight excluding hydrogens is 202 g/mol. The molecule has 0 fully saturated rings. The van der Waals surface area contributed by atoms with E-state index < -0.39 is 0 Å². The standard InChI is InChI=1S/C13H19NO2/c1-11(15)10-14(2)9-8-12-6-4-5-7-13(12)16-3/h4-7H,8-10H2,1-3H3.